The first-order valence-corrected chi connectivity index (χ1v) is 9.31. The number of benzene rings is 2. The van der Waals surface area contributed by atoms with E-state index in [9.17, 15) is 19.2 Å². The van der Waals surface area contributed by atoms with Gasteiger partial charge in [-0.05, 0) is 49.2 Å². The number of carbonyl (C=O) groups is 4. The lowest BCUT2D eigenvalue weighted by atomic mass is 10.1. The Hall–Kier alpha value is -2.90. The van der Waals surface area contributed by atoms with Crippen LogP contribution in [-0.2, 0) is 14.3 Å². The fourth-order valence-electron chi connectivity index (χ4n) is 2.76. The van der Waals surface area contributed by atoms with Crippen LogP contribution >= 0.6 is 23.2 Å². The van der Waals surface area contributed by atoms with Gasteiger partial charge in [0, 0.05) is 5.69 Å². The zero-order chi connectivity index (χ0) is 21.3. The van der Waals surface area contributed by atoms with E-state index in [1.54, 1.807) is 12.1 Å². The van der Waals surface area contributed by atoms with Gasteiger partial charge in [-0.2, -0.15) is 0 Å². The van der Waals surface area contributed by atoms with Gasteiger partial charge in [-0.15, -0.1) is 0 Å². The predicted molar refractivity (Wildman–Crippen MR) is 107 cm³/mol. The minimum Gasteiger partial charge on any atom is -0.454 e. The van der Waals surface area contributed by atoms with Crippen LogP contribution in [0.15, 0.2) is 30.3 Å². The van der Waals surface area contributed by atoms with Crippen LogP contribution < -0.4 is 5.32 Å². The number of hydrogen-bond donors (Lipinski definition) is 1. The van der Waals surface area contributed by atoms with Gasteiger partial charge >= 0.3 is 5.97 Å². The quantitative estimate of drug-likeness (QED) is 0.574. The highest BCUT2D eigenvalue weighted by Gasteiger charge is 2.37. The zero-order valence-electron chi connectivity index (χ0n) is 15.5. The normalized spacial score (nSPS) is 12.8. The van der Waals surface area contributed by atoms with Gasteiger partial charge in [0.25, 0.3) is 17.7 Å². The summed E-state index contributed by atoms with van der Waals surface area (Å²) >= 11 is 11.8. The molecule has 2 aromatic carbocycles. The Bertz CT molecular complexity index is 1010. The lowest BCUT2D eigenvalue weighted by Gasteiger charge is -2.13. The number of nitrogens with zero attached hydrogens (tertiary/aromatic N) is 1. The summed E-state index contributed by atoms with van der Waals surface area (Å²) in [6.07, 6.45) is 0. The van der Waals surface area contributed by atoms with Crippen molar-refractivity contribution in [3.63, 3.8) is 0 Å². The molecule has 3 rings (SSSR count). The Morgan fingerprint density at radius 1 is 0.966 bits per heavy atom. The highest BCUT2D eigenvalue weighted by Crippen LogP contribution is 2.31. The molecule has 0 aromatic heterocycles. The first-order chi connectivity index (χ1) is 13.7. The molecule has 0 bridgehead atoms. The second-order valence-corrected chi connectivity index (χ2v) is 7.33. The monoisotopic (exact) mass is 434 g/mol. The maximum absolute atomic E-state index is 12.4. The Kier molecular flexibility index (Phi) is 5.91. The summed E-state index contributed by atoms with van der Waals surface area (Å²) in [5.41, 5.74) is 2.78. The first kappa shape index (κ1) is 20.8. The maximum atomic E-state index is 12.4. The molecular formula is C20H16Cl2N2O5. The molecule has 1 N–H and O–H groups in total. The van der Waals surface area contributed by atoms with E-state index >= 15 is 0 Å². The van der Waals surface area contributed by atoms with Crippen LogP contribution in [0.25, 0.3) is 0 Å². The lowest BCUT2D eigenvalue weighted by molar-refractivity contribution is -0.147. The van der Waals surface area contributed by atoms with Crippen molar-refractivity contribution in [2.75, 3.05) is 18.5 Å². The van der Waals surface area contributed by atoms with Gasteiger partial charge in [0.15, 0.2) is 6.61 Å². The lowest BCUT2D eigenvalue weighted by Crippen LogP contribution is -2.36. The van der Waals surface area contributed by atoms with Crippen molar-refractivity contribution in [2.24, 2.45) is 0 Å². The SMILES string of the molecule is Cc1ccc(NC(=O)COC(=O)CN2C(=O)c3cc(Cl)c(Cl)cc3C2=O)cc1C. The molecule has 150 valence electrons. The van der Waals surface area contributed by atoms with E-state index in [1.165, 1.54) is 12.1 Å². The number of carbonyl (C=O) groups excluding carboxylic acids is 4. The average Bonchev–Trinajstić information content (AvgIpc) is 2.88. The van der Waals surface area contributed by atoms with Crippen molar-refractivity contribution in [2.45, 2.75) is 13.8 Å². The van der Waals surface area contributed by atoms with Gasteiger partial charge in [-0.3, -0.25) is 24.1 Å². The van der Waals surface area contributed by atoms with Crippen molar-refractivity contribution in [1.29, 1.82) is 0 Å². The zero-order valence-corrected chi connectivity index (χ0v) is 17.1. The summed E-state index contributed by atoms with van der Waals surface area (Å²) in [6, 6.07) is 7.95. The molecule has 0 saturated heterocycles. The van der Waals surface area contributed by atoms with Gasteiger partial charge in [-0.1, -0.05) is 29.3 Å². The summed E-state index contributed by atoms with van der Waals surface area (Å²) in [4.78, 5) is 49.4. The molecule has 0 aliphatic carbocycles. The average molecular weight is 435 g/mol. The Morgan fingerprint density at radius 2 is 1.55 bits per heavy atom. The number of hydrogen-bond acceptors (Lipinski definition) is 5. The fraction of sp³-hybridized carbons (Fsp3) is 0.200. The maximum Gasteiger partial charge on any atom is 0.326 e. The van der Waals surface area contributed by atoms with Gasteiger partial charge in [0.2, 0.25) is 0 Å². The van der Waals surface area contributed by atoms with E-state index in [1.807, 2.05) is 19.9 Å². The number of ether oxygens (including phenoxy) is 1. The van der Waals surface area contributed by atoms with E-state index in [-0.39, 0.29) is 21.2 Å². The number of imide groups is 1. The van der Waals surface area contributed by atoms with Crippen LogP contribution in [0.4, 0.5) is 5.69 Å². The highest BCUT2D eigenvalue weighted by atomic mass is 35.5. The molecule has 7 nitrogen and oxygen atoms in total. The van der Waals surface area contributed by atoms with Crippen LogP contribution in [-0.4, -0.2) is 41.7 Å². The molecule has 1 aliphatic rings. The van der Waals surface area contributed by atoms with Crippen LogP contribution in [0.1, 0.15) is 31.8 Å². The molecule has 0 fully saturated rings. The summed E-state index contributed by atoms with van der Waals surface area (Å²) in [7, 11) is 0. The molecular weight excluding hydrogens is 419 g/mol. The number of esters is 1. The predicted octanol–water partition coefficient (Wildman–Crippen LogP) is 3.39. The third kappa shape index (κ3) is 4.41. The first-order valence-electron chi connectivity index (χ1n) is 8.55. The van der Waals surface area contributed by atoms with Crippen LogP contribution in [0.2, 0.25) is 10.0 Å². The van der Waals surface area contributed by atoms with Crippen molar-refractivity contribution in [1.82, 2.24) is 4.90 Å². The standard InChI is InChI=1S/C20H16Cl2N2O5/c1-10-3-4-12(5-11(10)2)23-17(25)9-29-18(26)8-24-19(27)13-6-15(21)16(22)7-14(13)20(24)28/h3-7H,8-9H2,1-2H3,(H,23,25). The van der Waals surface area contributed by atoms with Crippen molar-refractivity contribution >= 4 is 52.6 Å². The van der Waals surface area contributed by atoms with Gasteiger partial charge in [0.05, 0.1) is 21.2 Å². The molecule has 0 saturated carbocycles. The molecule has 9 heteroatoms. The van der Waals surface area contributed by atoms with E-state index in [0.29, 0.717) is 5.69 Å². The summed E-state index contributed by atoms with van der Waals surface area (Å²) in [6.45, 7) is 2.68. The second kappa shape index (κ2) is 8.23. The van der Waals surface area contributed by atoms with E-state index in [2.05, 4.69) is 5.32 Å². The molecule has 1 aliphatic heterocycles. The van der Waals surface area contributed by atoms with E-state index in [4.69, 9.17) is 27.9 Å². The van der Waals surface area contributed by atoms with Gasteiger partial charge < -0.3 is 10.1 Å². The van der Waals surface area contributed by atoms with Crippen LogP contribution in [0, 0.1) is 13.8 Å². The highest BCUT2D eigenvalue weighted by molar-refractivity contribution is 6.43. The molecule has 1 heterocycles. The number of fused-ring (bicyclic) bond motifs is 1. The Morgan fingerprint density at radius 3 is 2.10 bits per heavy atom. The van der Waals surface area contributed by atoms with Crippen LogP contribution in [0.3, 0.4) is 0 Å². The number of nitrogens with one attached hydrogen (secondary N) is 1. The van der Waals surface area contributed by atoms with Gasteiger partial charge in [0.1, 0.15) is 6.54 Å². The topological polar surface area (TPSA) is 92.8 Å². The smallest absolute Gasteiger partial charge is 0.326 e. The minimum atomic E-state index is -0.896. The van der Waals surface area contributed by atoms with Gasteiger partial charge in [-0.25, -0.2) is 0 Å². The molecule has 0 atom stereocenters. The van der Waals surface area contributed by atoms with E-state index in [0.717, 1.165) is 16.0 Å². The number of aryl methyl sites for hydroxylation is 2. The number of anilines is 1. The number of halogens is 2. The van der Waals surface area contributed by atoms with Crippen molar-refractivity contribution in [3.8, 4) is 0 Å². The number of amides is 3. The third-order valence-corrected chi connectivity index (χ3v) is 5.18. The Labute approximate surface area is 176 Å². The summed E-state index contributed by atoms with van der Waals surface area (Å²) in [5, 5.41) is 2.86. The fourth-order valence-corrected chi connectivity index (χ4v) is 3.09. The van der Waals surface area contributed by atoms with Crippen molar-refractivity contribution < 1.29 is 23.9 Å². The van der Waals surface area contributed by atoms with Crippen LogP contribution in [0.5, 0.6) is 0 Å². The molecule has 29 heavy (non-hydrogen) atoms. The molecule has 2 aromatic rings. The molecule has 0 unspecified atom stereocenters. The largest absolute Gasteiger partial charge is 0.454 e. The number of rotatable bonds is 5. The second-order valence-electron chi connectivity index (χ2n) is 6.52. The molecule has 3 amide bonds. The Balaban J connectivity index is 1.57. The summed E-state index contributed by atoms with van der Waals surface area (Å²) < 4.78 is 4.89. The minimum absolute atomic E-state index is 0.0599. The van der Waals surface area contributed by atoms with E-state index < -0.39 is 36.8 Å². The third-order valence-electron chi connectivity index (χ3n) is 4.45. The molecule has 0 spiro atoms. The summed E-state index contributed by atoms with van der Waals surface area (Å²) in [5.74, 6) is -2.80. The van der Waals surface area contributed by atoms with Crippen molar-refractivity contribution in [3.05, 3.63) is 62.6 Å². The molecule has 0 radical (unpaired) electrons.